The first-order chi connectivity index (χ1) is 14.8. The third kappa shape index (κ3) is 5.16. The number of rotatable bonds is 8. The number of halogens is 1. The van der Waals surface area contributed by atoms with Gasteiger partial charge in [0.2, 0.25) is 0 Å². The van der Waals surface area contributed by atoms with Crippen LogP contribution in [-0.4, -0.2) is 42.7 Å². The molecule has 1 aromatic carbocycles. The first kappa shape index (κ1) is 21.6. The first-order valence-corrected chi connectivity index (χ1v) is 12.2. The average molecular weight is 466 g/mol. The van der Waals surface area contributed by atoms with Crippen LogP contribution in [0.3, 0.4) is 0 Å². The van der Waals surface area contributed by atoms with Gasteiger partial charge in [-0.05, 0) is 31.4 Å². The van der Waals surface area contributed by atoms with Gasteiger partial charge in [-0.25, -0.2) is 13.4 Å². The van der Waals surface area contributed by atoms with E-state index in [2.05, 4.69) is 15.5 Å². The maximum atomic E-state index is 13.2. The minimum absolute atomic E-state index is 0.0414. The van der Waals surface area contributed by atoms with Gasteiger partial charge in [0.25, 0.3) is 5.91 Å². The second kappa shape index (κ2) is 8.83. The lowest BCUT2D eigenvalue weighted by molar-refractivity contribution is -0.117. The number of carbonyl (C=O) groups excluding carboxylic acids is 2. The minimum atomic E-state index is -3.36. The van der Waals surface area contributed by atoms with Gasteiger partial charge in [-0.2, -0.15) is 4.39 Å². The topological polar surface area (TPSA) is 115 Å². The Hall–Kier alpha value is -2.66. The summed E-state index contributed by atoms with van der Waals surface area (Å²) in [6.45, 7) is 0.183. The van der Waals surface area contributed by atoms with Crippen LogP contribution < -0.4 is 5.32 Å². The third-order valence-corrected chi connectivity index (χ3v) is 8.13. The number of thiazole rings is 1. The van der Waals surface area contributed by atoms with E-state index in [0.717, 1.165) is 6.20 Å². The average Bonchev–Trinajstić information content (AvgIpc) is 3.42. The molecule has 0 aliphatic heterocycles. The fourth-order valence-electron chi connectivity index (χ4n) is 3.31. The lowest BCUT2D eigenvalue weighted by atomic mass is 10.1. The summed E-state index contributed by atoms with van der Waals surface area (Å²) in [4.78, 5) is 33.5. The summed E-state index contributed by atoms with van der Waals surface area (Å²) in [6, 6.07) is 5.84. The largest absolute Gasteiger partial charge is 0.395 e. The molecule has 1 amide bonds. The molecule has 31 heavy (non-hydrogen) atoms. The molecule has 4 rings (SSSR count). The Morgan fingerprint density at radius 3 is 2.58 bits per heavy atom. The summed E-state index contributed by atoms with van der Waals surface area (Å²) in [5, 5.41) is 5.59. The van der Waals surface area contributed by atoms with Gasteiger partial charge >= 0.3 is 0 Å². The molecule has 2 aliphatic rings. The van der Waals surface area contributed by atoms with Crippen LogP contribution in [0.1, 0.15) is 37.7 Å². The van der Waals surface area contributed by atoms with Crippen LogP contribution in [0.4, 0.5) is 9.52 Å². The zero-order valence-electron chi connectivity index (χ0n) is 16.4. The van der Waals surface area contributed by atoms with Crippen molar-refractivity contribution in [2.75, 3.05) is 11.9 Å². The summed E-state index contributed by atoms with van der Waals surface area (Å²) >= 11 is 0.667. The van der Waals surface area contributed by atoms with Crippen LogP contribution in [0.5, 0.6) is 0 Å². The van der Waals surface area contributed by atoms with Crippen molar-refractivity contribution in [2.45, 2.75) is 42.2 Å². The maximum Gasteiger partial charge on any atom is 0.280 e. The quantitative estimate of drug-likeness (QED) is 0.474. The van der Waals surface area contributed by atoms with E-state index >= 15 is 0 Å². The summed E-state index contributed by atoms with van der Waals surface area (Å²) in [6.07, 6.45) is 3.94. The number of oxime groups is 1. The minimum Gasteiger partial charge on any atom is -0.395 e. The number of nitrogens with zero attached hydrogens (tertiary/aromatic N) is 2. The van der Waals surface area contributed by atoms with Crippen molar-refractivity contribution in [2.24, 2.45) is 11.1 Å². The highest BCUT2D eigenvalue weighted by Gasteiger charge is 2.36. The Labute approximate surface area is 182 Å². The van der Waals surface area contributed by atoms with Gasteiger partial charge < -0.3 is 4.84 Å². The molecule has 0 radical (unpaired) electrons. The van der Waals surface area contributed by atoms with Crippen LogP contribution in [0, 0.1) is 11.0 Å². The Bertz CT molecular complexity index is 1120. The van der Waals surface area contributed by atoms with Gasteiger partial charge in [-0.15, -0.1) is 0 Å². The van der Waals surface area contributed by atoms with Crippen molar-refractivity contribution in [1.82, 2.24) is 4.98 Å². The molecule has 0 spiro atoms. The van der Waals surface area contributed by atoms with Crippen LogP contribution in [0.25, 0.3) is 0 Å². The zero-order chi connectivity index (χ0) is 22.0. The van der Waals surface area contributed by atoms with Crippen LogP contribution in [0.2, 0.25) is 0 Å². The molecule has 11 heteroatoms. The van der Waals surface area contributed by atoms with Crippen molar-refractivity contribution in [1.29, 1.82) is 0 Å². The molecule has 1 heterocycles. The molecular formula is C20H20FN3O5S2. The summed E-state index contributed by atoms with van der Waals surface area (Å²) in [5.41, 5.74) is 0.238. The predicted molar refractivity (Wildman–Crippen MR) is 112 cm³/mol. The lowest BCUT2D eigenvalue weighted by Crippen LogP contribution is -2.24. The molecular weight excluding hydrogens is 445 g/mol. The first-order valence-electron chi connectivity index (χ1n) is 9.81. The predicted octanol–water partition coefficient (Wildman–Crippen LogP) is 2.95. The zero-order valence-corrected chi connectivity index (χ0v) is 18.0. The number of nitrogens with one attached hydrogen (secondary N) is 1. The molecule has 1 aromatic heterocycles. The van der Waals surface area contributed by atoms with Gasteiger partial charge in [0.15, 0.2) is 25.8 Å². The van der Waals surface area contributed by atoms with Gasteiger partial charge in [0.05, 0.1) is 16.3 Å². The standard InChI is InChI=1S/C20H20FN3O5S2/c21-17-10-22-20(30-17)23-19(26)18(24-29-11-12-1-4-14(25)9-12)13-2-5-15(6-3-13)31(27,28)16-7-8-16/h2-3,5-6,10,12,16H,1,4,7-9,11H2,(H,22,23,26)/b24-18+/t12-/m0/s1. The van der Waals surface area contributed by atoms with E-state index < -0.39 is 20.9 Å². The number of aromatic nitrogens is 1. The van der Waals surface area contributed by atoms with Crippen LogP contribution >= 0.6 is 11.3 Å². The maximum absolute atomic E-state index is 13.2. The highest BCUT2D eigenvalue weighted by Crippen LogP contribution is 2.33. The second-order valence-electron chi connectivity index (χ2n) is 7.58. The van der Waals surface area contributed by atoms with Crippen molar-refractivity contribution < 1.29 is 27.2 Å². The molecule has 2 fully saturated rings. The molecule has 0 saturated heterocycles. The number of anilines is 1. The third-order valence-electron chi connectivity index (χ3n) is 5.15. The number of ketones is 1. The number of Topliss-reactive ketones (excluding diaryl/α,β-unsaturated/α-hetero) is 1. The number of benzene rings is 1. The van der Waals surface area contributed by atoms with E-state index in [1.807, 2.05) is 0 Å². The molecule has 2 saturated carbocycles. The monoisotopic (exact) mass is 465 g/mol. The van der Waals surface area contributed by atoms with Gasteiger partial charge in [0, 0.05) is 24.3 Å². The highest BCUT2D eigenvalue weighted by atomic mass is 32.2. The summed E-state index contributed by atoms with van der Waals surface area (Å²) in [7, 11) is -3.36. The Morgan fingerprint density at radius 1 is 1.26 bits per heavy atom. The molecule has 1 atom stereocenters. The van der Waals surface area contributed by atoms with E-state index in [1.54, 1.807) is 0 Å². The fraction of sp³-hybridized carbons (Fsp3) is 0.400. The molecule has 164 valence electrons. The molecule has 2 aliphatic carbocycles. The Kier molecular flexibility index (Phi) is 6.15. The summed E-state index contributed by atoms with van der Waals surface area (Å²) < 4.78 is 38.0. The smallest absolute Gasteiger partial charge is 0.280 e. The van der Waals surface area contributed by atoms with E-state index in [1.165, 1.54) is 24.3 Å². The SMILES string of the molecule is O=C1CC[C@H](CO/N=C(/C(=O)Nc2ncc(F)s2)c2ccc(S(=O)(=O)C3CC3)cc2)C1. The van der Waals surface area contributed by atoms with E-state index in [0.29, 0.717) is 49.0 Å². The van der Waals surface area contributed by atoms with Gasteiger partial charge in [-0.1, -0.05) is 28.6 Å². The van der Waals surface area contributed by atoms with Crippen LogP contribution in [0.15, 0.2) is 40.5 Å². The number of amides is 1. The van der Waals surface area contributed by atoms with Gasteiger partial charge in [-0.3, -0.25) is 14.9 Å². The summed E-state index contributed by atoms with van der Waals surface area (Å²) in [5.74, 6) is -0.455. The van der Waals surface area contributed by atoms with Crippen molar-refractivity contribution in [3.8, 4) is 0 Å². The normalized spacial score (nSPS) is 19.5. The Balaban J connectivity index is 1.54. The Morgan fingerprint density at radius 2 is 2.00 bits per heavy atom. The molecule has 8 nitrogen and oxygen atoms in total. The number of carbonyl (C=O) groups is 2. The second-order valence-corrected chi connectivity index (χ2v) is 10.8. The van der Waals surface area contributed by atoms with Crippen molar-refractivity contribution in [3.63, 3.8) is 0 Å². The van der Waals surface area contributed by atoms with Gasteiger partial charge in [0.1, 0.15) is 12.4 Å². The van der Waals surface area contributed by atoms with E-state index in [4.69, 9.17) is 4.84 Å². The number of hydrogen-bond donors (Lipinski definition) is 1. The molecule has 1 N–H and O–H groups in total. The lowest BCUT2D eigenvalue weighted by Gasteiger charge is -2.10. The molecule has 0 unspecified atom stereocenters. The van der Waals surface area contributed by atoms with E-state index in [9.17, 15) is 22.4 Å². The van der Waals surface area contributed by atoms with Crippen molar-refractivity contribution in [3.05, 3.63) is 41.2 Å². The van der Waals surface area contributed by atoms with E-state index in [-0.39, 0.29) is 39.3 Å². The van der Waals surface area contributed by atoms with Crippen molar-refractivity contribution >= 4 is 43.7 Å². The number of hydrogen-bond acceptors (Lipinski definition) is 8. The fourth-order valence-corrected chi connectivity index (χ4v) is 5.50. The molecule has 2 aromatic rings. The van der Waals surface area contributed by atoms with Crippen LogP contribution in [-0.2, 0) is 24.3 Å². The molecule has 0 bridgehead atoms. The number of sulfone groups is 1. The highest BCUT2D eigenvalue weighted by molar-refractivity contribution is 7.92.